The number of rotatable bonds is 2. The molecule has 1 heteroatoms. The summed E-state index contributed by atoms with van der Waals surface area (Å²) in [5.41, 5.74) is 12.1. The van der Waals surface area contributed by atoms with Gasteiger partial charge in [0.25, 0.3) is 0 Å². The normalized spacial score (nSPS) is 28.4. The van der Waals surface area contributed by atoms with Crippen LogP contribution in [-0.4, -0.2) is 6.04 Å². The first-order valence-corrected chi connectivity index (χ1v) is 7.36. The Morgan fingerprint density at radius 2 is 1.72 bits per heavy atom. The summed E-state index contributed by atoms with van der Waals surface area (Å²) in [6.45, 7) is 8.96. The van der Waals surface area contributed by atoms with Crippen LogP contribution in [0, 0.1) is 26.7 Å². The molecule has 1 aliphatic rings. The molecule has 2 N–H and O–H groups in total. The highest BCUT2D eigenvalue weighted by Gasteiger charge is 2.29. The molecule has 1 saturated carbocycles. The average Bonchev–Trinajstić information content (AvgIpc) is 2.35. The second kappa shape index (κ2) is 5.44. The van der Waals surface area contributed by atoms with Gasteiger partial charge in [-0.2, -0.15) is 0 Å². The van der Waals surface area contributed by atoms with E-state index in [1.807, 2.05) is 0 Å². The molecule has 1 aromatic carbocycles. The van der Waals surface area contributed by atoms with Gasteiger partial charge in [-0.3, -0.25) is 0 Å². The second-order valence-corrected chi connectivity index (χ2v) is 6.15. The van der Waals surface area contributed by atoms with Crippen LogP contribution >= 0.6 is 0 Å². The SMILES string of the molecule is CCC1CCC(N)C(c2cc(C)c(C)cc2C)C1. The Bertz CT molecular complexity index is 422. The molecule has 1 aromatic rings. The van der Waals surface area contributed by atoms with E-state index in [1.165, 1.54) is 47.9 Å². The maximum absolute atomic E-state index is 6.38. The molecule has 0 radical (unpaired) electrons. The van der Waals surface area contributed by atoms with Crippen LogP contribution in [0.15, 0.2) is 12.1 Å². The van der Waals surface area contributed by atoms with Crippen LogP contribution in [0.4, 0.5) is 0 Å². The Hall–Kier alpha value is -0.820. The summed E-state index contributed by atoms with van der Waals surface area (Å²) < 4.78 is 0. The van der Waals surface area contributed by atoms with Gasteiger partial charge in [-0.05, 0) is 74.1 Å². The fourth-order valence-electron chi connectivity index (χ4n) is 3.39. The van der Waals surface area contributed by atoms with Crippen molar-refractivity contribution in [3.63, 3.8) is 0 Å². The van der Waals surface area contributed by atoms with Gasteiger partial charge >= 0.3 is 0 Å². The summed E-state index contributed by atoms with van der Waals surface area (Å²) in [6.07, 6.45) is 5.09. The standard InChI is InChI=1S/C17H27N/c1-5-14-6-7-17(18)16(10-14)15-9-12(3)11(2)8-13(15)4/h8-9,14,16-17H,5-7,10,18H2,1-4H3. The fourth-order valence-corrected chi connectivity index (χ4v) is 3.39. The number of benzene rings is 1. The first-order valence-electron chi connectivity index (χ1n) is 7.36. The summed E-state index contributed by atoms with van der Waals surface area (Å²) in [5, 5.41) is 0. The highest BCUT2D eigenvalue weighted by atomic mass is 14.7. The van der Waals surface area contributed by atoms with Gasteiger partial charge in [0.05, 0.1) is 0 Å². The molecule has 0 spiro atoms. The summed E-state index contributed by atoms with van der Waals surface area (Å²) in [5.74, 6) is 1.44. The quantitative estimate of drug-likeness (QED) is 0.829. The number of hydrogen-bond donors (Lipinski definition) is 1. The van der Waals surface area contributed by atoms with E-state index >= 15 is 0 Å². The lowest BCUT2D eigenvalue weighted by molar-refractivity contribution is 0.282. The second-order valence-electron chi connectivity index (χ2n) is 6.15. The lowest BCUT2D eigenvalue weighted by Gasteiger charge is -2.35. The molecule has 0 heterocycles. The maximum Gasteiger partial charge on any atom is 0.0108 e. The summed E-state index contributed by atoms with van der Waals surface area (Å²) >= 11 is 0. The largest absolute Gasteiger partial charge is 0.327 e. The van der Waals surface area contributed by atoms with Gasteiger partial charge in [-0.15, -0.1) is 0 Å². The zero-order valence-electron chi connectivity index (χ0n) is 12.3. The van der Waals surface area contributed by atoms with Crippen LogP contribution in [0.2, 0.25) is 0 Å². The van der Waals surface area contributed by atoms with E-state index in [1.54, 1.807) is 0 Å². The van der Waals surface area contributed by atoms with Crippen LogP contribution in [0.3, 0.4) is 0 Å². The van der Waals surface area contributed by atoms with Crippen LogP contribution < -0.4 is 5.73 Å². The van der Waals surface area contributed by atoms with Crippen LogP contribution in [0.5, 0.6) is 0 Å². The van der Waals surface area contributed by atoms with Crippen molar-refractivity contribution < 1.29 is 0 Å². The summed E-state index contributed by atoms with van der Waals surface area (Å²) in [7, 11) is 0. The van der Waals surface area contributed by atoms with E-state index in [2.05, 4.69) is 39.8 Å². The van der Waals surface area contributed by atoms with E-state index in [9.17, 15) is 0 Å². The van der Waals surface area contributed by atoms with E-state index in [0.717, 1.165) is 5.92 Å². The maximum atomic E-state index is 6.38. The fraction of sp³-hybridized carbons (Fsp3) is 0.647. The summed E-state index contributed by atoms with van der Waals surface area (Å²) in [6, 6.07) is 5.06. The zero-order valence-corrected chi connectivity index (χ0v) is 12.3. The lowest BCUT2D eigenvalue weighted by atomic mass is 9.73. The Morgan fingerprint density at radius 3 is 2.39 bits per heavy atom. The topological polar surface area (TPSA) is 26.0 Å². The van der Waals surface area contributed by atoms with E-state index in [-0.39, 0.29) is 0 Å². The smallest absolute Gasteiger partial charge is 0.0108 e. The van der Waals surface area contributed by atoms with Crippen molar-refractivity contribution in [3.8, 4) is 0 Å². The molecule has 100 valence electrons. The van der Waals surface area contributed by atoms with Gasteiger partial charge < -0.3 is 5.73 Å². The van der Waals surface area contributed by atoms with Crippen molar-refractivity contribution in [2.75, 3.05) is 0 Å². The molecule has 1 fully saturated rings. The van der Waals surface area contributed by atoms with Crippen molar-refractivity contribution in [1.29, 1.82) is 0 Å². The van der Waals surface area contributed by atoms with Crippen LogP contribution in [0.1, 0.15) is 60.8 Å². The van der Waals surface area contributed by atoms with Crippen molar-refractivity contribution in [2.24, 2.45) is 11.7 Å². The van der Waals surface area contributed by atoms with E-state index < -0.39 is 0 Å². The molecule has 0 saturated heterocycles. The van der Waals surface area contributed by atoms with Crippen LogP contribution in [-0.2, 0) is 0 Å². The zero-order chi connectivity index (χ0) is 13.3. The third-order valence-electron chi connectivity index (χ3n) is 4.87. The minimum atomic E-state index is 0.355. The number of nitrogens with two attached hydrogens (primary N) is 1. The van der Waals surface area contributed by atoms with Gasteiger partial charge in [0.1, 0.15) is 0 Å². The van der Waals surface area contributed by atoms with E-state index in [0.29, 0.717) is 12.0 Å². The Morgan fingerprint density at radius 1 is 1.06 bits per heavy atom. The van der Waals surface area contributed by atoms with Crippen molar-refractivity contribution >= 4 is 0 Å². The number of hydrogen-bond acceptors (Lipinski definition) is 1. The predicted molar refractivity (Wildman–Crippen MR) is 79.0 cm³/mol. The van der Waals surface area contributed by atoms with Crippen LogP contribution in [0.25, 0.3) is 0 Å². The predicted octanol–water partition coefficient (Wildman–Crippen LogP) is 4.23. The minimum Gasteiger partial charge on any atom is -0.327 e. The highest BCUT2D eigenvalue weighted by Crippen LogP contribution is 2.38. The van der Waals surface area contributed by atoms with Crippen molar-refractivity contribution in [2.45, 2.75) is 65.3 Å². The third kappa shape index (κ3) is 2.61. The Labute approximate surface area is 112 Å². The van der Waals surface area contributed by atoms with Gasteiger partial charge in [-0.25, -0.2) is 0 Å². The molecule has 0 aliphatic heterocycles. The molecule has 1 aliphatic carbocycles. The molecule has 1 nitrogen and oxygen atoms in total. The molecule has 0 amide bonds. The molecule has 18 heavy (non-hydrogen) atoms. The molecular weight excluding hydrogens is 218 g/mol. The van der Waals surface area contributed by atoms with Gasteiger partial charge in [0, 0.05) is 6.04 Å². The van der Waals surface area contributed by atoms with Crippen molar-refractivity contribution in [3.05, 3.63) is 34.4 Å². The van der Waals surface area contributed by atoms with Gasteiger partial charge in [0.15, 0.2) is 0 Å². The molecular formula is C17H27N. The molecule has 0 bridgehead atoms. The van der Waals surface area contributed by atoms with Gasteiger partial charge in [-0.1, -0.05) is 25.5 Å². The molecule has 3 atom stereocenters. The van der Waals surface area contributed by atoms with Gasteiger partial charge in [0.2, 0.25) is 0 Å². The monoisotopic (exact) mass is 245 g/mol. The summed E-state index contributed by atoms with van der Waals surface area (Å²) in [4.78, 5) is 0. The molecule has 3 unspecified atom stereocenters. The average molecular weight is 245 g/mol. The minimum absolute atomic E-state index is 0.355. The Balaban J connectivity index is 2.31. The van der Waals surface area contributed by atoms with Crippen molar-refractivity contribution in [1.82, 2.24) is 0 Å². The molecule has 2 rings (SSSR count). The Kier molecular flexibility index (Phi) is 4.11. The lowest BCUT2D eigenvalue weighted by Crippen LogP contribution is -2.34. The third-order valence-corrected chi connectivity index (χ3v) is 4.87. The first kappa shape index (κ1) is 13.6. The van der Waals surface area contributed by atoms with E-state index in [4.69, 9.17) is 5.73 Å². The number of aryl methyl sites for hydroxylation is 3. The molecule has 0 aromatic heterocycles. The highest BCUT2D eigenvalue weighted by molar-refractivity contribution is 5.39. The first-order chi connectivity index (χ1) is 8.52.